The summed E-state index contributed by atoms with van der Waals surface area (Å²) in [4.78, 5) is 18.5. The van der Waals surface area contributed by atoms with Crippen molar-refractivity contribution in [1.29, 1.82) is 0 Å². The van der Waals surface area contributed by atoms with Gasteiger partial charge in [0.15, 0.2) is 0 Å². The maximum absolute atomic E-state index is 12.4. The summed E-state index contributed by atoms with van der Waals surface area (Å²) in [5, 5.41) is 0. The molecule has 114 valence electrons. The Labute approximate surface area is 130 Å². The average molecular weight is 296 g/mol. The van der Waals surface area contributed by atoms with Crippen LogP contribution in [-0.2, 0) is 11.3 Å². The number of pyridine rings is 1. The van der Waals surface area contributed by atoms with E-state index < -0.39 is 0 Å². The molecule has 1 aromatic heterocycles. The highest BCUT2D eigenvalue weighted by atomic mass is 16.5. The number of para-hydroxylation sites is 1. The molecule has 1 saturated carbocycles. The van der Waals surface area contributed by atoms with E-state index in [4.69, 9.17) is 4.74 Å². The molecule has 0 N–H and O–H groups in total. The summed E-state index contributed by atoms with van der Waals surface area (Å²) in [5.41, 5.74) is 1.08. The van der Waals surface area contributed by atoms with Crippen LogP contribution in [0.25, 0.3) is 0 Å². The van der Waals surface area contributed by atoms with Crippen LogP contribution >= 0.6 is 0 Å². The van der Waals surface area contributed by atoms with Crippen molar-refractivity contribution in [2.24, 2.45) is 0 Å². The number of carbonyl (C=O) groups is 1. The Morgan fingerprint density at radius 1 is 1.18 bits per heavy atom. The van der Waals surface area contributed by atoms with Gasteiger partial charge in [0.25, 0.3) is 0 Å². The van der Waals surface area contributed by atoms with Gasteiger partial charge in [-0.1, -0.05) is 24.3 Å². The Morgan fingerprint density at radius 3 is 2.68 bits per heavy atom. The normalized spacial score (nSPS) is 13.6. The highest BCUT2D eigenvalue weighted by Crippen LogP contribution is 2.28. The fourth-order valence-electron chi connectivity index (χ4n) is 2.41. The molecule has 0 unspecified atom stereocenters. The van der Waals surface area contributed by atoms with E-state index >= 15 is 0 Å². The van der Waals surface area contributed by atoms with Gasteiger partial charge in [-0.2, -0.15) is 0 Å². The van der Waals surface area contributed by atoms with Gasteiger partial charge in [0.05, 0.1) is 13.0 Å². The number of hydrogen-bond donors (Lipinski definition) is 0. The highest BCUT2D eigenvalue weighted by Gasteiger charge is 2.32. The van der Waals surface area contributed by atoms with E-state index in [2.05, 4.69) is 4.98 Å². The number of carbonyl (C=O) groups excluding carboxylic acids is 1. The van der Waals surface area contributed by atoms with Gasteiger partial charge in [-0.3, -0.25) is 9.78 Å². The Hall–Kier alpha value is -2.36. The lowest BCUT2D eigenvalue weighted by Crippen LogP contribution is -2.33. The van der Waals surface area contributed by atoms with Crippen LogP contribution in [0.15, 0.2) is 54.9 Å². The number of aromatic nitrogens is 1. The average Bonchev–Trinajstić information content (AvgIpc) is 3.39. The molecular formula is C18H20N2O2. The van der Waals surface area contributed by atoms with Crippen molar-refractivity contribution in [3.63, 3.8) is 0 Å². The SMILES string of the molecule is O=C(CCOc1ccccc1)N(Cc1cccnc1)C1CC1. The largest absolute Gasteiger partial charge is 0.493 e. The fraction of sp³-hybridized carbons (Fsp3) is 0.333. The maximum Gasteiger partial charge on any atom is 0.226 e. The zero-order valence-electron chi connectivity index (χ0n) is 12.5. The summed E-state index contributed by atoms with van der Waals surface area (Å²) in [6.07, 6.45) is 6.19. The Bertz CT molecular complexity index is 597. The lowest BCUT2D eigenvalue weighted by atomic mass is 10.2. The second-order valence-corrected chi connectivity index (χ2v) is 5.53. The molecule has 0 aliphatic heterocycles. The Balaban J connectivity index is 1.52. The highest BCUT2D eigenvalue weighted by molar-refractivity contribution is 5.77. The van der Waals surface area contributed by atoms with Crippen LogP contribution in [0.5, 0.6) is 5.75 Å². The zero-order chi connectivity index (χ0) is 15.2. The summed E-state index contributed by atoms with van der Waals surface area (Å²) in [5.74, 6) is 0.961. The molecule has 4 heteroatoms. The summed E-state index contributed by atoms with van der Waals surface area (Å²) in [6.45, 7) is 1.06. The summed E-state index contributed by atoms with van der Waals surface area (Å²) >= 11 is 0. The van der Waals surface area contributed by atoms with E-state index in [0.717, 1.165) is 24.2 Å². The first-order valence-corrected chi connectivity index (χ1v) is 7.69. The minimum Gasteiger partial charge on any atom is -0.493 e. The van der Waals surface area contributed by atoms with Crippen LogP contribution in [0.2, 0.25) is 0 Å². The molecule has 1 heterocycles. The molecule has 2 aromatic rings. The lowest BCUT2D eigenvalue weighted by molar-refractivity contribution is -0.132. The Morgan fingerprint density at radius 2 is 2.00 bits per heavy atom. The van der Waals surface area contributed by atoms with E-state index in [9.17, 15) is 4.79 Å². The molecule has 22 heavy (non-hydrogen) atoms. The van der Waals surface area contributed by atoms with Gasteiger partial charge < -0.3 is 9.64 Å². The van der Waals surface area contributed by atoms with E-state index in [-0.39, 0.29) is 5.91 Å². The van der Waals surface area contributed by atoms with Crippen LogP contribution in [-0.4, -0.2) is 28.4 Å². The topological polar surface area (TPSA) is 42.4 Å². The van der Waals surface area contributed by atoms with Gasteiger partial charge in [0.2, 0.25) is 5.91 Å². The molecule has 0 spiro atoms. The molecule has 1 amide bonds. The monoisotopic (exact) mass is 296 g/mol. The molecule has 1 aromatic carbocycles. The van der Waals surface area contributed by atoms with Gasteiger partial charge in [-0.25, -0.2) is 0 Å². The van der Waals surface area contributed by atoms with E-state index in [1.807, 2.05) is 53.6 Å². The van der Waals surface area contributed by atoms with Crippen LogP contribution in [0.1, 0.15) is 24.8 Å². The third-order valence-corrected chi connectivity index (χ3v) is 3.71. The molecule has 1 aliphatic rings. The number of amides is 1. The van der Waals surface area contributed by atoms with Crippen LogP contribution in [0.4, 0.5) is 0 Å². The number of benzene rings is 1. The molecule has 0 bridgehead atoms. The third-order valence-electron chi connectivity index (χ3n) is 3.71. The summed E-state index contributed by atoms with van der Waals surface area (Å²) < 4.78 is 5.62. The number of rotatable bonds is 7. The summed E-state index contributed by atoms with van der Waals surface area (Å²) in [7, 11) is 0. The molecular weight excluding hydrogens is 276 g/mol. The minimum atomic E-state index is 0.155. The minimum absolute atomic E-state index is 0.155. The van der Waals surface area contributed by atoms with Gasteiger partial charge in [0.1, 0.15) is 5.75 Å². The molecule has 3 rings (SSSR count). The molecule has 0 atom stereocenters. The number of hydrogen-bond acceptors (Lipinski definition) is 3. The third kappa shape index (κ3) is 4.07. The lowest BCUT2D eigenvalue weighted by Gasteiger charge is -2.22. The summed E-state index contributed by atoms with van der Waals surface area (Å²) in [6, 6.07) is 13.9. The predicted octanol–water partition coefficient (Wildman–Crippen LogP) is 3.04. The molecule has 0 radical (unpaired) electrons. The predicted molar refractivity (Wildman–Crippen MR) is 84.4 cm³/mol. The van der Waals surface area contributed by atoms with Crippen LogP contribution < -0.4 is 4.74 Å². The molecule has 1 fully saturated rings. The van der Waals surface area contributed by atoms with Crippen molar-refractivity contribution in [3.8, 4) is 5.75 Å². The second kappa shape index (κ2) is 7.07. The molecule has 1 aliphatic carbocycles. The van der Waals surface area contributed by atoms with Crippen molar-refractivity contribution in [2.75, 3.05) is 6.61 Å². The van der Waals surface area contributed by atoms with Crippen LogP contribution in [0, 0.1) is 0 Å². The first-order chi connectivity index (χ1) is 10.8. The molecule has 4 nitrogen and oxygen atoms in total. The van der Waals surface area contributed by atoms with E-state index in [1.54, 1.807) is 6.20 Å². The Kier molecular flexibility index (Phi) is 4.68. The van der Waals surface area contributed by atoms with Crippen molar-refractivity contribution in [1.82, 2.24) is 9.88 Å². The van der Waals surface area contributed by atoms with Crippen LogP contribution in [0.3, 0.4) is 0 Å². The zero-order valence-corrected chi connectivity index (χ0v) is 12.5. The number of ether oxygens (including phenoxy) is 1. The van der Waals surface area contributed by atoms with Gasteiger partial charge in [-0.05, 0) is 36.6 Å². The van der Waals surface area contributed by atoms with Crippen molar-refractivity contribution in [3.05, 3.63) is 60.4 Å². The van der Waals surface area contributed by atoms with Crippen molar-refractivity contribution >= 4 is 5.91 Å². The second-order valence-electron chi connectivity index (χ2n) is 5.53. The first kappa shape index (κ1) is 14.6. The quantitative estimate of drug-likeness (QED) is 0.788. The van der Waals surface area contributed by atoms with Crippen molar-refractivity contribution in [2.45, 2.75) is 31.8 Å². The maximum atomic E-state index is 12.4. The standard InChI is InChI=1S/C18H20N2O2/c21-18(10-12-22-17-6-2-1-3-7-17)20(16-8-9-16)14-15-5-4-11-19-13-15/h1-7,11,13,16H,8-10,12,14H2. The van der Waals surface area contributed by atoms with Crippen molar-refractivity contribution < 1.29 is 9.53 Å². The first-order valence-electron chi connectivity index (χ1n) is 7.69. The van der Waals surface area contributed by atoms with E-state index in [0.29, 0.717) is 25.6 Å². The molecule has 0 saturated heterocycles. The smallest absolute Gasteiger partial charge is 0.226 e. The number of nitrogens with zero attached hydrogens (tertiary/aromatic N) is 2. The van der Waals surface area contributed by atoms with Gasteiger partial charge in [-0.15, -0.1) is 0 Å². The van der Waals surface area contributed by atoms with Gasteiger partial charge >= 0.3 is 0 Å². The van der Waals surface area contributed by atoms with E-state index in [1.165, 1.54) is 0 Å². The van der Waals surface area contributed by atoms with Gasteiger partial charge in [0, 0.05) is 25.0 Å². The fourth-order valence-corrected chi connectivity index (χ4v) is 2.41.